The van der Waals surface area contributed by atoms with E-state index in [1.807, 2.05) is 0 Å². The molecule has 0 N–H and O–H groups in total. The first kappa shape index (κ1) is 10.0. The third-order valence-corrected chi connectivity index (χ3v) is 0.354. The van der Waals surface area contributed by atoms with Crippen LogP contribution in [-0.4, -0.2) is 0 Å². The van der Waals surface area contributed by atoms with E-state index in [1.165, 1.54) is 6.42 Å². The van der Waals surface area contributed by atoms with Gasteiger partial charge in [-0.15, -0.1) is 0 Å². The van der Waals surface area contributed by atoms with Crippen molar-refractivity contribution in [3.05, 3.63) is 6.92 Å². The summed E-state index contributed by atoms with van der Waals surface area (Å²) >= 11 is 2.53. The molecule has 0 saturated heterocycles. The first-order valence-corrected chi connectivity index (χ1v) is 3.89. The molecule has 0 aromatic heterocycles. The second-order valence-corrected chi connectivity index (χ2v) is 0.854. The van der Waals surface area contributed by atoms with E-state index in [2.05, 4.69) is 42.6 Å². The molecule has 0 rings (SSSR count). The Morgan fingerprint density at radius 2 is 1.83 bits per heavy atom. The van der Waals surface area contributed by atoms with Crippen molar-refractivity contribution in [3.8, 4) is 0 Å². The Labute approximate surface area is 55.6 Å². The van der Waals surface area contributed by atoms with Crippen LogP contribution in [0.1, 0.15) is 19.8 Å². The molecular weight excluding hydrogens is 188 g/mol. The van der Waals surface area contributed by atoms with Gasteiger partial charge in [-0.05, 0) is 0 Å². The van der Waals surface area contributed by atoms with Gasteiger partial charge < -0.3 is 0 Å². The Morgan fingerprint density at radius 3 is 1.83 bits per heavy atom. The van der Waals surface area contributed by atoms with E-state index in [0.717, 1.165) is 6.42 Å². The van der Waals surface area contributed by atoms with Crippen LogP contribution < -0.4 is 0 Å². The molecule has 0 aliphatic heterocycles. The van der Waals surface area contributed by atoms with Gasteiger partial charge in [0.1, 0.15) is 0 Å². The quantitative estimate of drug-likeness (QED) is 0.581. The van der Waals surface area contributed by atoms with Crippen molar-refractivity contribution in [3.63, 3.8) is 0 Å². The molecule has 0 aliphatic carbocycles. The average Bonchev–Trinajstić information content (AvgIpc) is 1.72. The van der Waals surface area contributed by atoms with Crippen LogP contribution in [0.4, 0.5) is 0 Å². The molecule has 0 amide bonds. The summed E-state index contributed by atoms with van der Waals surface area (Å²) < 4.78 is 0. The van der Waals surface area contributed by atoms with Gasteiger partial charge in [-0.3, -0.25) is 0 Å². The monoisotopic (exact) mass is 196 g/mol. The topological polar surface area (TPSA) is 0 Å². The summed E-state index contributed by atoms with van der Waals surface area (Å²) in [6.07, 6.45) is 2.28. The molecule has 0 nitrogen and oxygen atoms in total. The molecule has 2 heteroatoms. The molecule has 0 spiro atoms. The molecule has 42 valence electrons. The Morgan fingerprint density at radius 1 is 1.67 bits per heavy atom. The Balaban J connectivity index is 0. The van der Waals surface area contributed by atoms with E-state index in [0.29, 0.717) is 0 Å². The molecule has 0 aliphatic rings. The fourth-order valence-electron chi connectivity index (χ4n) is 0. The fourth-order valence-corrected chi connectivity index (χ4v) is 0. The predicted octanol–water partition coefficient (Wildman–Crippen LogP) is 2.27. The molecule has 0 aromatic carbocycles. The molecule has 6 heavy (non-hydrogen) atoms. The summed E-state index contributed by atoms with van der Waals surface area (Å²) in [7, 11) is 3.89. The van der Waals surface area contributed by atoms with Crippen molar-refractivity contribution >= 4 is 9.58 Å². The maximum absolute atomic E-state index is 3.89. The van der Waals surface area contributed by atoms with E-state index < -0.39 is 0 Å². The van der Waals surface area contributed by atoms with Crippen molar-refractivity contribution in [2.75, 3.05) is 0 Å². The van der Waals surface area contributed by atoms with Crippen LogP contribution in [-0.2, 0) is 19.2 Å². The molecule has 0 fully saturated rings. The Kier molecular flexibility index (Phi) is 28.0. The third-order valence-electron chi connectivity index (χ3n) is 0.354. The molecule has 0 saturated carbocycles. The molecule has 0 atom stereocenters. The second kappa shape index (κ2) is 16.7. The van der Waals surface area contributed by atoms with Crippen LogP contribution in [0.3, 0.4) is 0 Å². The van der Waals surface area contributed by atoms with Crippen LogP contribution in [0, 0.1) is 6.92 Å². The zero-order valence-electron chi connectivity index (χ0n) is 3.83. The zero-order chi connectivity index (χ0) is 5.41. The molecule has 0 heterocycles. The summed E-state index contributed by atoms with van der Waals surface area (Å²) in [5, 5.41) is 0. The minimum atomic E-state index is 1.07. The van der Waals surface area contributed by atoms with Gasteiger partial charge >= 0.3 is 28.8 Å². The van der Waals surface area contributed by atoms with Crippen LogP contribution >= 0.6 is 9.58 Å². The van der Waals surface area contributed by atoms with Gasteiger partial charge in [0, 0.05) is 0 Å². The summed E-state index contributed by atoms with van der Waals surface area (Å²) in [5.41, 5.74) is 0. The van der Waals surface area contributed by atoms with Gasteiger partial charge in [0.25, 0.3) is 0 Å². The van der Waals surface area contributed by atoms with E-state index in [9.17, 15) is 0 Å². The molecule has 0 bridgehead atoms. The van der Waals surface area contributed by atoms with E-state index in [1.54, 1.807) is 0 Å². The Bertz CT molecular complexity index is 15.0. The van der Waals surface area contributed by atoms with Crippen LogP contribution in [0.25, 0.3) is 0 Å². The molecule has 0 unspecified atom stereocenters. The van der Waals surface area contributed by atoms with Gasteiger partial charge in [-0.2, -0.15) is 0 Å². The molecular formula is C4H9AgS. The van der Waals surface area contributed by atoms with Gasteiger partial charge in [0.05, 0.1) is 0 Å². The maximum atomic E-state index is 3.89. The van der Waals surface area contributed by atoms with Crippen LogP contribution in [0.15, 0.2) is 0 Å². The van der Waals surface area contributed by atoms with E-state index in [4.69, 9.17) is 0 Å². The van der Waals surface area contributed by atoms with Crippen molar-refractivity contribution in [1.29, 1.82) is 0 Å². The summed E-state index contributed by atoms with van der Waals surface area (Å²) in [6, 6.07) is 0. The van der Waals surface area contributed by atoms with Crippen LogP contribution in [0.2, 0.25) is 0 Å². The van der Waals surface area contributed by atoms with Crippen LogP contribution in [0.5, 0.6) is 0 Å². The standard InChI is InChI=1S/C4H9.Ag.S/c1-3-4-2;;/h1,3-4H2,2H3;;. The summed E-state index contributed by atoms with van der Waals surface area (Å²) in [6.45, 7) is 5.72. The molecule has 0 aromatic rings. The molecule has 1 radical (unpaired) electrons. The normalized spacial score (nSPS) is 6.00. The number of hydrogen-bond acceptors (Lipinski definition) is 1. The van der Waals surface area contributed by atoms with Gasteiger partial charge in [-0.25, -0.2) is 0 Å². The first-order valence-electron chi connectivity index (χ1n) is 1.83. The minimum absolute atomic E-state index is 1.07. The van der Waals surface area contributed by atoms with Crippen molar-refractivity contribution in [2.45, 2.75) is 19.8 Å². The van der Waals surface area contributed by atoms with Gasteiger partial charge in [-0.1, -0.05) is 26.7 Å². The average molecular weight is 197 g/mol. The summed E-state index contributed by atoms with van der Waals surface area (Å²) in [4.78, 5) is 0. The fraction of sp³-hybridized carbons (Fsp3) is 0.750. The van der Waals surface area contributed by atoms with Crippen molar-refractivity contribution in [1.82, 2.24) is 0 Å². The van der Waals surface area contributed by atoms with Crippen molar-refractivity contribution < 1.29 is 19.2 Å². The van der Waals surface area contributed by atoms with Gasteiger partial charge in [0.15, 0.2) is 0 Å². The second-order valence-electron chi connectivity index (χ2n) is 0.854. The number of rotatable bonds is 1. The van der Waals surface area contributed by atoms with Gasteiger partial charge in [0.2, 0.25) is 0 Å². The third kappa shape index (κ3) is 20.2. The van der Waals surface area contributed by atoms with Crippen molar-refractivity contribution in [2.24, 2.45) is 0 Å². The zero-order valence-corrected chi connectivity index (χ0v) is 6.13. The van der Waals surface area contributed by atoms with E-state index in [-0.39, 0.29) is 0 Å². The SMILES string of the molecule is [CH2]CCC.[S]=[Ag]. The predicted molar refractivity (Wildman–Crippen MR) is 27.9 cm³/mol. The van der Waals surface area contributed by atoms with E-state index >= 15 is 0 Å². The number of hydrogen-bond donors (Lipinski definition) is 0. The summed E-state index contributed by atoms with van der Waals surface area (Å²) in [5.74, 6) is 0. The first-order chi connectivity index (χ1) is 2.91. The number of unbranched alkanes of at least 4 members (excludes halogenated alkanes) is 1. The Hall–Kier alpha value is 0.960.